The van der Waals surface area contributed by atoms with Gasteiger partial charge in [0.05, 0.1) is 0 Å². The predicted octanol–water partition coefficient (Wildman–Crippen LogP) is 7.42. The van der Waals surface area contributed by atoms with E-state index < -0.39 is 35.9 Å². The molecule has 3 aromatic carbocycles. The molecule has 49 heavy (non-hydrogen) atoms. The van der Waals surface area contributed by atoms with E-state index in [1.807, 2.05) is 100 Å². The van der Waals surface area contributed by atoms with Crippen molar-refractivity contribution >= 4 is 34.5 Å². The molecule has 0 aliphatic heterocycles. The van der Waals surface area contributed by atoms with E-state index in [1.54, 1.807) is 0 Å². The molecule has 0 fully saturated rings. The van der Waals surface area contributed by atoms with Crippen molar-refractivity contribution in [3.8, 4) is 0 Å². The molecule has 266 valence electrons. The summed E-state index contributed by atoms with van der Waals surface area (Å²) >= 11 is 0. The predicted molar refractivity (Wildman–Crippen MR) is 197 cm³/mol. The lowest BCUT2D eigenvalue weighted by Gasteiger charge is -2.27. The summed E-state index contributed by atoms with van der Waals surface area (Å²) in [7, 11) is 0. The van der Waals surface area contributed by atoms with Gasteiger partial charge in [0.2, 0.25) is 17.7 Å². The molecule has 8 heteroatoms. The molecule has 8 nitrogen and oxygen atoms in total. The first-order valence-electron chi connectivity index (χ1n) is 18.2. The second-order valence-electron chi connectivity index (χ2n) is 13.8. The van der Waals surface area contributed by atoms with Crippen LogP contribution in [0.25, 0.3) is 10.8 Å². The number of hydrogen-bond donors (Lipinski definition) is 3. The Kier molecular flexibility index (Phi) is 16.8. The minimum Gasteiger partial charge on any atom is -0.459 e. The standard InChI is InChI=1S/C41H57N3O5/c1-6-7-8-9-10-11-15-25-37(45)42-36(27-33-23-18-22-32-21-16-17-24-34(32)33)39(46)43-35(26-29(2)3)40(47)44-38(30(4)5)41(48)49-28-31-19-13-12-14-20-31/h12-14,16-24,29-30,35-36,38H,6-11,15,25-28H2,1-5H3,(H,42,45)(H,43,46)(H,44,47). The van der Waals surface area contributed by atoms with Gasteiger partial charge in [0.15, 0.2) is 0 Å². The molecular weight excluding hydrogens is 614 g/mol. The molecule has 0 saturated carbocycles. The molecule has 3 atom stereocenters. The summed E-state index contributed by atoms with van der Waals surface area (Å²) in [5, 5.41) is 10.8. The van der Waals surface area contributed by atoms with Crippen molar-refractivity contribution < 1.29 is 23.9 Å². The van der Waals surface area contributed by atoms with Crippen LogP contribution in [-0.2, 0) is 36.9 Å². The van der Waals surface area contributed by atoms with E-state index in [2.05, 4.69) is 22.9 Å². The minimum absolute atomic E-state index is 0.0713. The zero-order valence-electron chi connectivity index (χ0n) is 30.1. The molecule has 0 saturated heterocycles. The molecule has 3 amide bonds. The zero-order chi connectivity index (χ0) is 35.6. The Balaban J connectivity index is 1.74. The third kappa shape index (κ3) is 13.7. The lowest BCUT2D eigenvalue weighted by Crippen LogP contribution is -2.57. The van der Waals surface area contributed by atoms with Gasteiger partial charge in [-0.05, 0) is 46.6 Å². The van der Waals surface area contributed by atoms with Gasteiger partial charge in [-0.25, -0.2) is 4.79 Å². The summed E-state index contributed by atoms with van der Waals surface area (Å²) in [5.74, 6) is -1.78. The topological polar surface area (TPSA) is 114 Å². The number of nitrogens with one attached hydrogen (secondary N) is 3. The summed E-state index contributed by atoms with van der Waals surface area (Å²) in [4.78, 5) is 54.0. The molecule has 3 aromatic rings. The molecule has 0 aromatic heterocycles. The number of esters is 1. The lowest BCUT2D eigenvalue weighted by atomic mass is 9.97. The number of amides is 3. The number of carbonyl (C=O) groups excluding carboxylic acids is 4. The number of unbranched alkanes of at least 4 members (excludes halogenated alkanes) is 6. The molecule has 3 rings (SSSR count). The summed E-state index contributed by atoms with van der Waals surface area (Å²) in [5.41, 5.74) is 1.78. The van der Waals surface area contributed by atoms with E-state index in [0.29, 0.717) is 12.8 Å². The third-order valence-electron chi connectivity index (χ3n) is 8.75. The van der Waals surface area contributed by atoms with E-state index in [-0.39, 0.29) is 30.8 Å². The Hall–Kier alpha value is -4.20. The van der Waals surface area contributed by atoms with Crippen molar-refractivity contribution in [2.45, 2.75) is 124 Å². The summed E-state index contributed by atoms with van der Waals surface area (Å²) in [6.07, 6.45) is 8.60. The van der Waals surface area contributed by atoms with Gasteiger partial charge in [-0.3, -0.25) is 14.4 Å². The van der Waals surface area contributed by atoms with Gasteiger partial charge in [0.25, 0.3) is 0 Å². The van der Waals surface area contributed by atoms with Crippen LogP contribution in [0, 0.1) is 11.8 Å². The summed E-state index contributed by atoms with van der Waals surface area (Å²) in [6, 6.07) is 20.6. The maximum absolute atomic E-state index is 14.0. The first kappa shape index (κ1) is 39.2. The largest absolute Gasteiger partial charge is 0.459 e. The van der Waals surface area contributed by atoms with Gasteiger partial charge < -0.3 is 20.7 Å². The smallest absolute Gasteiger partial charge is 0.329 e. The Bertz CT molecular complexity index is 1470. The van der Waals surface area contributed by atoms with Gasteiger partial charge in [0.1, 0.15) is 24.7 Å². The number of rotatable bonds is 21. The first-order valence-corrected chi connectivity index (χ1v) is 18.2. The molecule has 0 aliphatic carbocycles. The minimum atomic E-state index is -0.911. The van der Waals surface area contributed by atoms with Crippen molar-refractivity contribution in [3.05, 3.63) is 83.9 Å². The van der Waals surface area contributed by atoms with Crippen LogP contribution in [0.5, 0.6) is 0 Å². The molecule has 0 aliphatic rings. The fraction of sp³-hybridized carbons (Fsp3) is 0.512. The van der Waals surface area contributed by atoms with E-state index in [4.69, 9.17) is 4.74 Å². The lowest BCUT2D eigenvalue weighted by molar-refractivity contribution is -0.150. The fourth-order valence-corrected chi connectivity index (χ4v) is 5.95. The fourth-order valence-electron chi connectivity index (χ4n) is 5.95. The van der Waals surface area contributed by atoms with Crippen molar-refractivity contribution in [3.63, 3.8) is 0 Å². The van der Waals surface area contributed by atoms with Crippen molar-refractivity contribution in [2.24, 2.45) is 11.8 Å². The van der Waals surface area contributed by atoms with Crippen LogP contribution in [0.15, 0.2) is 72.8 Å². The van der Waals surface area contributed by atoms with Crippen LogP contribution in [0.1, 0.15) is 104 Å². The van der Waals surface area contributed by atoms with Crippen LogP contribution in [-0.4, -0.2) is 41.8 Å². The second-order valence-corrected chi connectivity index (χ2v) is 13.8. The average Bonchev–Trinajstić information content (AvgIpc) is 3.08. The van der Waals surface area contributed by atoms with Crippen LogP contribution in [0.3, 0.4) is 0 Å². The quantitative estimate of drug-likeness (QED) is 0.0806. The molecule has 3 N–H and O–H groups in total. The van der Waals surface area contributed by atoms with Gasteiger partial charge in [-0.15, -0.1) is 0 Å². The molecule has 0 bridgehead atoms. The second kappa shape index (κ2) is 21.0. The monoisotopic (exact) mass is 671 g/mol. The number of hydrogen-bond acceptors (Lipinski definition) is 5. The van der Waals surface area contributed by atoms with Gasteiger partial charge in [0, 0.05) is 12.8 Å². The third-order valence-corrected chi connectivity index (χ3v) is 8.75. The van der Waals surface area contributed by atoms with Crippen LogP contribution in [0.2, 0.25) is 0 Å². The highest BCUT2D eigenvalue weighted by atomic mass is 16.5. The zero-order valence-corrected chi connectivity index (χ0v) is 30.1. The van der Waals surface area contributed by atoms with E-state index >= 15 is 0 Å². The van der Waals surface area contributed by atoms with Gasteiger partial charge in [-0.1, -0.05) is 146 Å². The van der Waals surface area contributed by atoms with Crippen molar-refractivity contribution in [1.82, 2.24) is 16.0 Å². The SMILES string of the molecule is CCCCCCCCCC(=O)NC(Cc1cccc2ccccc12)C(=O)NC(CC(C)C)C(=O)NC(C(=O)OCc1ccccc1)C(C)C. The van der Waals surface area contributed by atoms with Gasteiger partial charge in [-0.2, -0.15) is 0 Å². The molecule has 0 radical (unpaired) electrons. The maximum atomic E-state index is 14.0. The molecule has 0 heterocycles. The first-order chi connectivity index (χ1) is 23.6. The Morgan fingerprint density at radius 1 is 0.673 bits per heavy atom. The van der Waals surface area contributed by atoms with E-state index in [0.717, 1.165) is 41.2 Å². The Morgan fingerprint density at radius 3 is 2.00 bits per heavy atom. The number of ether oxygens (including phenoxy) is 1. The number of carbonyl (C=O) groups is 4. The molecular formula is C41H57N3O5. The molecule has 0 spiro atoms. The van der Waals surface area contributed by atoms with Crippen molar-refractivity contribution in [1.29, 1.82) is 0 Å². The highest BCUT2D eigenvalue weighted by Crippen LogP contribution is 2.20. The molecule has 3 unspecified atom stereocenters. The highest BCUT2D eigenvalue weighted by molar-refractivity contribution is 5.94. The number of benzene rings is 3. The Labute approximate surface area is 293 Å². The Morgan fingerprint density at radius 2 is 1.31 bits per heavy atom. The van der Waals surface area contributed by atoms with Crippen LogP contribution in [0.4, 0.5) is 0 Å². The number of fused-ring (bicyclic) bond motifs is 1. The van der Waals surface area contributed by atoms with E-state index in [1.165, 1.54) is 25.7 Å². The van der Waals surface area contributed by atoms with Crippen molar-refractivity contribution in [2.75, 3.05) is 0 Å². The summed E-state index contributed by atoms with van der Waals surface area (Å²) < 4.78 is 5.55. The van der Waals surface area contributed by atoms with Crippen LogP contribution < -0.4 is 16.0 Å². The van der Waals surface area contributed by atoms with Crippen LogP contribution >= 0.6 is 0 Å². The maximum Gasteiger partial charge on any atom is 0.329 e. The highest BCUT2D eigenvalue weighted by Gasteiger charge is 2.32. The van der Waals surface area contributed by atoms with Gasteiger partial charge >= 0.3 is 5.97 Å². The average molecular weight is 672 g/mol. The van der Waals surface area contributed by atoms with E-state index in [9.17, 15) is 19.2 Å². The normalized spacial score (nSPS) is 13.1. The summed E-state index contributed by atoms with van der Waals surface area (Å²) in [6.45, 7) is 9.91.